The summed E-state index contributed by atoms with van der Waals surface area (Å²) >= 11 is 0. The smallest absolute Gasteiger partial charge is 0.00191 e. The fraction of sp³-hybridized carbons (Fsp3) is 1.00. The molecule has 0 aromatic carbocycles. The summed E-state index contributed by atoms with van der Waals surface area (Å²) < 4.78 is 0. The van der Waals surface area contributed by atoms with Gasteiger partial charge in [-0.15, -0.1) is 0 Å². The van der Waals surface area contributed by atoms with Crippen LogP contribution < -0.4 is 5.73 Å². The molecule has 1 saturated heterocycles. The lowest BCUT2D eigenvalue weighted by Gasteiger charge is -2.22. The van der Waals surface area contributed by atoms with Gasteiger partial charge in [-0.2, -0.15) is 0 Å². The molecule has 1 aliphatic heterocycles. The number of hydrogen-bond acceptors (Lipinski definition) is 2. The predicted octanol–water partition coefficient (Wildman–Crippen LogP) is 1.46. The van der Waals surface area contributed by atoms with Gasteiger partial charge in [0, 0.05) is 6.54 Å². The van der Waals surface area contributed by atoms with Crippen LogP contribution in [0.15, 0.2) is 0 Å². The average Bonchev–Trinajstić information content (AvgIpc) is 2.33. The zero-order chi connectivity index (χ0) is 8.81. The van der Waals surface area contributed by atoms with Gasteiger partial charge in [-0.05, 0) is 38.4 Å². The molecule has 1 heterocycles. The number of nitrogens with two attached hydrogens (primary N) is 1. The molecular weight excluding hydrogens is 148 g/mol. The third-order valence-corrected chi connectivity index (χ3v) is 2.67. The molecule has 72 valence electrons. The SMILES string of the molecule is CC(CN)CN1CCCCCC1. The zero-order valence-electron chi connectivity index (χ0n) is 8.26. The molecule has 0 aliphatic carbocycles. The third kappa shape index (κ3) is 3.55. The standard InChI is InChI=1S/C10H22N2/c1-10(8-11)9-12-6-4-2-3-5-7-12/h10H,2-9,11H2,1H3. The Bertz CT molecular complexity index is 106. The van der Waals surface area contributed by atoms with Gasteiger partial charge in [-0.3, -0.25) is 0 Å². The molecule has 0 radical (unpaired) electrons. The summed E-state index contributed by atoms with van der Waals surface area (Å²) in [6, 6.07) is 0. The van der Waals surface area contributed by atoms with Crippen molar-refractivity contribution in [2.75, 3.05) is 26.2 Å². The van der Waals surface area contributed by atoms with Crippen LogP contribution in [0.5, 0.6) is 0 Å². The lowest BCUT2D eigenvalue weighted by Crippen LogP contribution is -2.32. The summed E-state index contributed by atoms with van der Waals surface area (Å²) in [5.74, 6) is 0.670. The molecule has 2 N–H and O–H groups in total. The molecule has 1 atom stereocenters. The molecule has 0 spiro atoms. The molecule has 1 aliphatic rings. The summed E-state index contributed by atoms with van der Waals surface area (Å²) in [4.78, 5) is 2.57. The van der Waals surface area contributed by atoms with E-state index in [2.05, 4.69) is 11.8 Å². The fourth-order valence-corrected chi connectivity index (χ4v) is 1.83. The van der Waals surface area contributed by atoms with Crippen LogP contribution in [0.4, 0.5) is 0 Å². The molecule has 1 unspecified atom stereocenters. The van der Waals surface area contributed by atoms with Crippen LogP contribution in [0.1, 0.15) is 32.6 Å². The van der Waals surface area contributed by atoms with Gasteiger partial charge in [0.25, 0.3) is 0 Å². The summed E-state index contributed by atoms with van der Waals surface area (Å²) in [7, 11) is 0. The Morgan fingerprint density at radius 1 is 1.17 bits per heavy atom. The maximum Gasteiger partial charge on any atom is 0.00191 e. The Hall–Kier alpha value is -0.0800. The molecule has 0 amide bonds. The minimum atomic E-state index is 0.670. The van der Waals surface area contributed by atoms with Crippen LogP contribution >= 0.6 is 0 Å². The monoisotopic (exact) mass is 170 g/mol. The lowest BCUT2D eigenvalue weighted by molar-refractivity contribution is 0.249. The number of rotatable bonds is 3. The Kier molecular flexibility index (Phi) is 4.62. The average molecular weight is 170 g/mol. The second kappa shape index (κ2) is 5.55. The van der Waals surface area contributed by atoms with E-state index in [9.17, 15) is 0 Å². The van der Waals surface area contributed by atoms with Gasteiger partial charge in [-0.25, -0.2) is 0 Å². The van der Waals surface area contributed by atoms with E-state index in [1.165, 1.54) is 45.3 Å². The van der Waals surface area contributed by atoms with Gasteiger partial charge in [0.2, 0.25) is 0 Å². The molecular formula is C10H22N2. The highest BCUT2D eigenvalue weighted by Crippen LogP contribution is 2.10. The molecule has 2 heteroatoms. The van der Waals surface area contributed by atoms with Crippen molar-refractivity contribution in [2.24, 2.45) is 11.7 Å². The maximum absolute atomic E-state index is 5.60. The highest BCUT2D eigenvalue weighted by molar-refractivity contribution is 4.66. The molecule has 0 aromatic heterocycles. The van der Waals surface area contributed by atoms with Gasteiger partial charge < -0.3 is 10.6 Å². The predicted molar refractivity (Wildman–Crippen MR) is 53.1 cm³/mol. The van der Waals surface area contributed by atoms with Crippen LogP contribution in [0.25, 0.3) is 0 Å². The quantitative estimate of drug-likeness (QED) is 0.695. The number of hydrogen-bond donors (Lipinski definition) is 1. The van der Waals surface area contributed by atoms with Gasteiger partial charge in [0.05, 0.1) is 0 Å². The largest absolute Gasteiger partial charge is 0.330 e. The van der Waals surface area contributed by atoms with Crippen molar-refractivity contribution in [1.82, 2.24) is 4.90 Å². The summed E-state index contributed by atoms with van der Waals surface area (Å²) in [6.07, 6.45) is 5.62. The summed E-state index contributed by atoms with van der Waals surface area (Å²) in [5.41, 5.74) is 5.60. The number of nitrogens with zero attached hydrogens (tertiary/aromatic N) is 1. The van der Waals surface area contributed by atoms with Crippen molar-refractivity contribution in [3.63, 3.8) is 0 Å². The van der Waals surface area contributed by atoms with Crippen molar-refractivity contribution in [3.05, 3.63) is 0 Å². The Labute approximate surface area is 76.1 Å². The first-order valence-electron chi connectivity index (χ1n) is 5.25. The first-order valence-corrected chi connectivity index (χ1v) is 5.25. The second-order valence-electron chi connectivity index (χ2n) is 4.06. The van der Waals surface area contributed by atoms with Gasteiger partial charge in [0.1, 0.15) is 0 Å². The highest BCUT2D eigenvalue weighted by atomic mass is 15.1. The van der Waals surface area contributed by atoms with Crippen LogP contribution in [-0.2, 0) is 0 Å². The van der Waals surface area contributed by atoms with Gasteiger partial charge >= 0.3 is 0 Å². The normalized spacial score (nSPS) is 23.5. The molecule has 0 saturated carbocycles. The minimum Gasteiger partial charge on any atom is -0.330 e. The van der Waals surface area contributed by atoms with Crippen LogP contribution in [0.3, 0.4) is 0 Å². The summed E-state index contributed by atoms with van der Waals surface area (Å²) in [6.45, 7) is 6.87. The molecule has 2 nitrogen and oxygen atoms in total. The first-order chi connectivity index (χ1) is 5.83. The Morgan fingerprint density at radius 3 is 2.25 bits per heavy atom. The number of likely N-dealkylation sites (tertiary alicyclic amines) is 1. The van der Waals surface area contributed by atoms with E-state index in [-0.39, 0.29) is 0 Å². The van der Waals surface area contributed by atoms with Crippen LogP contribution in [0, 0.1) is 5.92 Å². The van der Waals surface area contributed by atoms with Crippen LogP contribution in [0.2, 0.25) is 0 Å². The fourth-order valence-electron chi connectivity index (χ4n) is 1.83. The summed E-state index contributed by atoms with van der Waals surface area (Å²) in [5, 5.41) is 0. The Balaban J connectivity index is 2.20. The Morgan fingerprint density at radius 2 is 1.75 bits per heavy atom. The minimum absolute atomic E-state index is 0.670. The lowest BCUT2D eigenvalue weighted by atomic mass is 10.1. The molecule has 12 heavy (non-hydrogen) atoms. The van der Waals surface area contributed by atoms with E-state index in [0.717, 1.165) is 6.54 Å². The third-order valence-electron chi connectivity index (χ3n) is 2.67. The molecule has 0 aromatic rings. The van der Waals surface area contributed by atoms with E-state index in [1.807, 2.05) is 0 Å². The van der Waals surface area contributed by atoms with E-state index >= 15 is 0 Å². The highest BCUT2D eigenvalue weighted by Gasteiger charge is 2.10. The van der Waals surface area contributed by atoms with Crippen molar-refractivity contribution >= 4 is 0 Å². The zero-order valence-corrected chi connectivity index (χ0v) is 8.26. The van der Waals surface area contributed by atoms with Gasteiger partial charge in [-0.1, -0.05) is 19.8 Å². The van der Waals surface area contributed by atoms with E-state index in [0.29, 0.717) is 5.92 Å². The first kappa shape index (κ1) is 10.0. The van der Waals surface area contributed by atoms with Crippen molar-refractivity contribution in [2.45, 2.75) is 32.6 Å². The van der Waals surface area contributed by atoms with E-state index in [1.54, 1.807) is 0 Å². The van der Waals surface area contributed by atoms with Crippen molar-refractivity contribution in [3.8, 4) is 0 Å². The van der Waals surface area contributed by atoms with Gasteiger partial charge in [0.15, 0.2) is 0 Å². The van der Waals surface area contributed by atoms with E-state index in [4.69, 9.17) is 5.73 Å². The molecule has 0 bridgehead atoms. The van der Waals surface area contributed by atoms with Crippen molar-refractivity contribution in [1.29, 1.82) is 0 Å². The van der Waals surface area contributed by atoms with Crippen molar-refractivity contribution < 1.29 is 0 Å². The maximum atomic E-state index is 5.60. The molecule has 1 rings (SSSR count). The topological polar surface area (TPSA) is 29.3 Å². The van der Waals surface area contributed by atoms with Crippen LogP contribution in [-0.4, -0.2) is 31.1 Å². The second-order valence-corrected chi connectivity index (χ2v) is 4.06. The van der Waals surface area contributed by atoms with E-state index < -0.39 is 0 Å². The molecule has 1 fully saturated rings.